The van der Waals surface area contributed by atoms with Crippen LogP contribution in [0.1, 0.15) is 10.4 Å². The molecule has 1 aromatic rings. The second kappa shape index (κ2) is 6.69. The van der Waals surface area contributed by atoms with Crippen molar-refractivity contribution in [1.29, 1.82) is 10.7 Å². The minimum atomic E-state index is -0.468. The number of esters is 1. The Morgan fingerprint density at radius 2 is 2.32 bits per heavy atom. The molecule has 0 atom stereocenters. The molecule has 8 heteroatoms. The summed E-state index contributed by atoms with van der Waals surface area (Å²) in [5.74, 6) is -0.904. The van der Waals surface area contributed by atoms with Gasteiger partial charge in [0.2, 0.25) is 5.71 Å². The number of carbonyl (C=O) groups excluding carboxylic acids is 1. The lowest BCUT2D eigenvalue weighted by Gasteiger charge is -2.07. The number of amidine groups is 1. The number of nitriles is 1. The maximum Gasteiger partial charge on any atom is 0.339 e. The van der Waals surface area contributed by atoms with E-state index in [1.54, 1.807) is 24.3 Å². The van der Waals surface area contributed by atoms with Crippen LogP contribution in [0.2, 0.25) is 0 Å². The van der Waals surface area contributed by atoms with Gasteiger partial charge in [0.1, 0.15) is 6.07 Å². The van der Waals surface area contributed by atoms with Crippen LogP contribution < -0.4 is 11.2 Å². The number of rotatable bonds is 4. The standard InChI is InChI=1S/C11H10IN5O2/c1-19-11(18)6-3-2-4-7(9(6)12)16-17-8(5-13)10(14)15/h2-4,16H,1H3,(H3,14,15)/b17-8+. The molecule has 4 N–H and O–H groups in total. The first-order valence-corrected chi connectivity index (χ1v) is 6.04. The van der Waals surface area contributed by atoms with E-state index in [9.17, 15) is 4.79 Å². The average Bonchev–Trinajstić information content (AvgIpc) is 2.40. The zero-order valence-electron chi connectivity index (χ0n) is 9.90. The number of nitrogens with two attached hydrogens (primary N) is 1. The highest BCUT2D eigenvalue weighted by Gasteiger charge is 2.13. The Hall–Kier alpha value is -2.15. The molecular formula is C11H10IN5O2. The van der Waals surface area contributed by atoms with Crippen molar-refractivity contribution in [3.05, 3.63) is 27.3 Å². The minimum absolute atomic E-state index is 0.237. The van der Waals surface area contributed by atoms with Gasteiger partial charge in [0.15, 0.2) is 5.84 Å². The SMILES string of the molecule is COC(=O)c1cccc(N/N=C(\C#N)C(=N)N)c1I. The molecule has 0 aliphatic rings. The minimum Gasteiger partial charge on any atom is -0.465 e. The Balaban J connectivity index is 3.07. The van der Waals surface area contributed by atoms with Crippen LogP contribution in [0, 0.1) is 20.3 Å². The molecule has 7 nitrogen and oxygen atoms in total. The molecular weight excluding hydrogens is 361 g/mol. The van der Waals surface area contributed by atoms with E-state index in [1.807, 2.05) is 22.6 Å². The van der Waals surface area contributed by atoms with Crippen molar-refractivity contribution in [2.75, 3.05) is 12.5 Å². The topological polar surface area (TPSA) is 124 Å². The quantitative estimate of drug-likeness (QED) is 0.242. The summed E-state index contributed by atoms with van der Waals surface area (Å²) in [5.41, 5.74) is 8.41. The lowest BCUT2D eigenvalue weighted by Crippen LogP contribution is -2.22. The van der Waals surface area contributed by atoms with Gasteiger partial charge in [-0.25, -0.2) is 4.79 Å². The monoisotopic (exact) mass is 371 g/mol. The number of carbonyl (C=O) groups is 1. The van der Waals surface area contributed by atoms with Crippen LogP contribution in [0.15, 0.2) is 23.3 Å². The van der Waals surface area contributed by atoms with E-state index in [4.69, 9.17) is 16.4 Å². The fourth-order valence-corrected chi connectivity index (χ4v) is 1.85. The predicted molar refractivity (Wildman–Crippen MR) is 79.1 cm³/mol. The number of hydrogen-bond acceptors (Lipinski definition) is 6. The molecule has 1 aromatic carbocycles. The van der Waals surface area contributed by atoms with Crippen molar-refractivity contribution in [2.24, 2.45) is 10.8 Å². The van der Waals surface area contributed by atoms with Crippen molar-refractivity contribution in [2.45, 2.75) is 0 Å². The lowest BCUT2D eigenvalue weighted by atomic mass is 10.2. The summed E-state index contributed by atoms with van der Waals surface area (Å²) < 4.78 is 5.24. The van der Waals surface area contributed by atoms with Gasteiger partial charge in [0.05, 0.1) is 21.9 Å². The number of hydrazone groups is 1. The number of nitrogens with one attached hydrogen (secondary N) is 2. The van der Waals surface area contributed by atoms with E-state index in [1.165, 1.54) is 7.11 Å². The molecule has 0 fully saturated rings. The summed E-state index contributed by atoms with van der Waals surface area (Å²) in [6.45, 7) is 0. The van der Waals surface area contributed by atoms with Crippen LogP contribution in [-0.2, 0) is 4.74 Å². The Morgan fingerprint density at radius 3 is 2.84 bits per heavy atom. The normalized spacial score (nSPS) is 10.5. The third-order valence-electron chi connectivity index (χ3n) is 2.05. The number of halogens is 1. The van der Waals surface area contributed by atoms with Crippen LogP contribution >= 0.6 is 22.6 Å². The average molecular weight is 371 g/mol. The number of anilines is 1. The largest absolute Gasteiger partial charge is 0.465 e. The molecule has 1 rings (SSSR count). The maximum absolute atomic E-state index is 11.5. The summed E-state index contributed by atoms with van der Waals surface area (Å²) >= 11 is 1.96. The third kappa shape index (κ3) is 3.65. The lowest BCUT2D eigenvalue weighted by molar-refractivity contribution is 0.0599. The molecule has 98 valence electrons. The van der Waals surface area contributed by atoms with Crippen LogP contribution in [0.25, 0.3) is 0 Å². The van der Waals surface area contributed by atoms with Crippen molar-refractivity contribution in [3.8, 4) is 6.07 Å². The van der Waals surface area contributed by atoms with Crippen molar-refractivity contribution in [3.63, 3.8) is 0 Å². The Labute approximate surface area is 123 Å². The van der Waals surface area contributed by atoms with Gasteiger partial charge in [-0.1, -0.05) is 6.07 Å². The van der Waals surface area contributed by atoms with E-state index in [2.05, 4.69) is 15.3 Å². The van der Waals surface area contributed by atoms with E-state index in [0.29, 0.717) is 14.8 Å². The number of methoxy groups -OCH3 is 1. The van der Waals surface area contributed by atoms with Crippen LogP contribution in [0.4, 0.5) is 5.69 Å². The van der Waals surface area contributed by atoms with E-state index >= 15 is 0 Å². The molecule has 0 bridgehead atoms. The van der Waals surface area contributed by atoms with Gasteiger partial charge < -0.3 is 10.5 Å². The van der Waals surface area contributed by atoms with Gasteiger partial charge in [-0.2, -0.15) is 10.4 Å². The fraction of sp³-hybridized carbons (Fsp3) is 0.0909. The van der Waals surface area contributed by atoms with E-state index < -0.39 is 11.8 Å². The first-order chi connectivity index (χ1) is 9.01. The zero-order chi connectivity index (χ0) is 14.4. The zero-order valence-corrected chi connectivity index (χ0v) is 12.1. The first kappa shape index (κ1) is 14.9. The van der Waals surface area contributed by atoms with Gasteiger partial charge in [0, 0.05) is 0 Å². The molecule has 0 saturated carbocycles. The predicted octanol–water partition coefficient (Wildman–Crippen LogP) is 1.31. The molecule has 0 aromatic heterocycles. The summed E-state index contributed by atoms with van der Waals surface area (Å²) in [7, 11) is 1.29. The fourth-order valence-electron chi connectivity index (χ4n) is 1.15. The van der Waals surface area contributed by atoms with Crippen molar-refractivity contribution >= 4 is 45.8 Å². The number of hydrogen-bond donors (Lipinski definition) is 3. The highest BCUT2D eigenvalue weighted by Crippen LogP contribution is 2.22. The molecule has 0 spiro atoms. The summed E-state index contributed by atoms with van der Waals surface area (Å²) in [4.78, 5) is 11.5. The summed E-state index contributed by atoms with van der Waals surface area (Å²) in [5, 5.41) is 19.5. The van der Waals surface area contributed by atoms with Crippen molar-refractivity contribution < 1.29 is 9.53 Å². The summed E-state index contributed by atoms with van der Waals surface area (Å²) in [6, 6.07) is 6.61. The molecule has 0 amide bonds. The summed E-state index contributed by atoms with van der Waals surface area (Å²) in [6.07, 6.45) is 0. The van der Waals surface area contributed by atoms with Gasteiger partial charge >= 0.3 is 5.97 Å². The molecule has 0 aliphatic heterocycles. The molecule has 0 unspecified atom stereocenters. The Bertz CT molecular complexity index is 591. The number of benzene rings is 1. The second-order valence-electron chi connectivity index (χ2n) is 3.26. The highest BCUT2D eigenvalue weighted by atomic mass is 127. The second-order valence-corrected chi connectivity index (χ2v) is 4.34. The molecule has 0 aliphatic carbocycles. The van der Waals surface area contributed by atoms with Gasteiger partial charge in [-0.05, 0) is 34.7 Å². The maximum atomic E-state index is 11.5. The molecule has 19 heavy (non-hydrogen) atoms. The van der Waals surface area contributed by atoms with Crippen molar-refractivity contribution in [1.82, 2.24) is 0 Å². The van der Waals surface area contributed by atoms with Crippen LogP contribution in [-0.4, -0.2) is 24.6 Å². The third-order valence-corrected chi connectivity index (χ3v) is 3.22. The Kier molecular flexibility index (Phi) is 5.25. The van der Waals surface area contributed by atoms with Gasteiger partial charge in [-0.15, -0.1) is 0 Å². The molecule has 0 saturated heterocycles. The van der Waals surface area contributed by atoms with E-state index in [-0.39, 0.29) is 5.71 Å². The number of ether oxygens (including phenoxy) is 1. The Morgan fingerprint density at radius 1 is 1.63 bits per heavy atom. The molecule has 0 heterocycles. The highest BCUT2D eigenvalue weighted by molar-refractivity contribution is 14.1. The first-order valence-electron chi connectivity index (χ1n) is 4.96. The number of nitrogens with zero attached hydrogens (tertiary/aromatic N) is 2. The van der Waals surface area contributed by atoms with Gasteiger partial charge in [-0.3, -0.25) is 10.8 Å². The van der Waals surface area contributed by atoms with E-state index in [0.717, 1.165) is 0 Å². The van der Waals surface area contributed by atoms with Crippen LogP contribution in [0.5, 0.6) is 0 Å². The molecule has 0 radical (unpaired) electrons. The van der Waals surface area contributed by atoms with Gasteiger partial charge in [0.25, 0.3) is 0 Å². The van der Waals surface area contributed by atoms with Crippen LogP contribution in [0.3, 0.4) is 0 Å². The smallest absolute Gasteiger partial charge is 0.339 e.